The third-order valence-electron chi connectivity index (χ3n) is 16.8. The number of carbonyl (C=O) groups excluding carboxylic acids is 4. The van der Waals surface area contributed by atoms with Gasteiger partial charge < -0.3 is 4.74 Å². The standard InChI is InChI=1S/C78H46N4O5/c83-75-67-65(73-79-71-55(47-27-9-1-10-28-47)43-25-45-57(71)81(73)75)61(51-35-17-5-18-36-51)59(49-31-13-3-14-32-49)63(53-39-21-7-22-40-53)69(67)77(85)87-78(86)70-64(54-41-23-8-24-42-54)60(50-33-15-4-16-34-50)62(52-37-19-6-20-38-52)66-68(70)76(84)82-58-46-26-44-56(72(58)80-74(66)82)48-29-11-2-12-30-48/h1-46H. The second-order valence-electron chi connectivity index (χ2n) is 21.6. The quantitative estimate of drug-likeness (QED) is 0.0990. The summed E-state index contributed by atoms with van der Waals surface area (Å²) in [6.45, 7) is 0. The number of benzene rings is 12. The zero-order chi connectivity index (χ0) is 58.3. The maximum atomic E-state index is 16.6. The van der Waals surface area contributed by atoms with E-state index in [1.54, 1.807) is 9.13 Å². The van der Waals surface area contributed by atoms with E-state index in [2.05, 4.69) is 0 Å². The van der Waals surface area contributed by atoms with Crippen LogP contribution in [0.15, 0.2) is 279 Å². The van der Waals surface area contributed by atoms with E-state index in [-0.39, 0.29) is 22.3 Å². The Morgan fingerprint density at radius 3 is 0.805 bits per heavy atom. The minimum Gasteiger partial charge on any atom is -0.386 e. The van der Waals surface area contributed by atoms with Crippen LogP contribution in [0.4, 0.5) is 0 Å². The van der Waals surface area contributed by atoms with Gasteiger partial charge in [0.2, 0.25) is 0 Å². The Bertz CT molecular complexity index is 4820. The van der Waals surface area contributed by atoms with Gasteiger partial charge in [-0.1, -0.05) is 267 Å². The van der Waals surface area contributed by atoms with Gasteiger partial charge in [0.05, 0.1) is 44.3 Å². The molecule has 408 valence electrons. The van der Waals surface area contributed by atoms with Crippen molar-refractivity contribution in [3.63, 3.8) is 0 Å². The zero-order valence-corrected chi connectivity index (χ0v) is 46.4. The van der Waals surface area contributed by atoms with Crippen molar-refractivity contribution in [2.75, 3.05) is 0 Å². The summed E-state index contributed by atoms with van der Waals surface area (Å²) in [5.74, 6) is -2.56. The number of hydrogen-bond acceptors (Lipinski definition) is 7. The second-order valence-corrected chi connectivity index (χ2v) is 21.6. The SMILES string of the molecule is O=C(OC(=O)c1c2c(c(-c3ccccc3)c(-c3ccccc3)c1-c1ccccc1)-c1nc3c(-c4ccccc4)cccc3n1C2=O)c1c2c(c(-c3ccccc3)c(-c3ccccc3)c1-c1ccccc1)-c1nc3c(-c4ccccc4)cccc3n1C2=O. The van der Waals surface area contributed by atoms with Gasteiger partial charge in [0, 0.05) is 44.5 Å². The van der Waals surface area contributed by atoms with Crippen LogP contribution < -0.4 is 0 Å². The highest BCUT2D eigenvalue weighted by molar-refractivity contribution is 6.29. The summed E-state index contributed by atoms with van der Waals surface area (Å²) in [4.78, 5) is 76.4. The van der Waals surface area contributed by atoms with Gasteiger partial charge in [-0.15, -0.1) is 0 Å². The highest BCUT2D eigenvalue weighted by Gasteiger charge is 2.45. The molecule has 9 heteroatoms. The van der Waals surface area contributed by atoms with E-state index in [1.165, 1.54) is 0 Å². The number of esters is 2. The minimum absolute atomic E-state index is 0.0227. The van der Waals surface area contributed by atoms with E-state index in [0.29, 0.717) is 89.4 Å². The maximum Gasteiger partial charge on any atom is 0.347 e. The Morgan fingerprint density at radius 2 is 0.517 bits per heavy atom. The monoisotopic (exact) mass is 1120 g/mol. The van der Waals surface area contributed by atoms with Crippen molar-refractivity contribution in [3.05, 3.63) is 301 Å². The van der Waals surface area contributed by atoms with Gasteiger partial charge in [0.25, 0.3) is 11.8 Å². The number of para-hydroxylation sites is 2. The topological polar surface area (TPSA) is 113 Å². The highest BCUT2D eigenvalue weighted by atomic mass is 16.6. The van der Waals surface area contributed by atoms with Crippen LogP contribution in [0.3, 0.4) is 0 Å². The number of fused-ring (bicyclic) bond motifs is 10. The Labute approximate surface area is 499 Å². The summed E-state index contributed by atoms with van der Waals surface area (Å²) in [6, 6.07) is 89.3. The summed E-state index contributed by atoms with van der Waals surface area (Å²) in [6.07, 6.45) is 0. The molecular weight excluding hydrogens is 1070 g/mol. The Morgan fingerprint density at radius 1 is 0.264 bits per heavy atom. The molecule has 0 bridgehead atoms. The van der Waals surface area contributed by atoms with Crippen LogP contribution in [0.25, 0.3) is 134 Å². The molecule has 12 aromatic carbocycles. The molecule has 9 nitrogen and oxygen atoms in total. The molecule has 2 aromatic heterocycles. The van der Waals surface area contributed by atoms with E-state index in [0.717, 1.165) is 44.5 Å². The zero-order valence-electron chi connectivity index (χ0n) is 46.4. The van der Waals surface area contributed by atoms with E-state index in [4.69, 9.17) is 14.7 Å². The Kier molecular flexibility index (Phi) is 11.9. The molecule has 0 fully saturated rings. The van der Waals surface area contributed by atoms with Crippen molar-refractivity contribution < 1.29 is 23.9 Å². The molecule has 0 saturated carbocycles. The lowest BCUT2D eigenvalue weighted by Crippen LogP contribution is -2.22. The van der Waals surface area contributed by atoms with Crippen molar-refractivity contribution in [1.82, 2.24) is 19.1 Å². The first-order chi connectivity index (χ1) is 42.9. The number of hydrogen-bond donors (Lipinski definition) is 0. The molecule has 0 aliphatic carbocycles. The van der Waals surface area contributed by atoms with Crippen LogP contribution in [0.5, 0.6) is 0 Å². The predicted octanol–water partition coefficient (Wildman–Crippen LogP) is 18.1. The normalized spacial score (nSPS) is 12.0. The molecule has 0 saturated heterocycles. The van der Waals surface area contributed by atoms with Crippen molar-refractivity contribution in [2.45, 2.75) is 0 Å². The minimum atomic E-state index is -1.09. The van der Waals surface area contributed by atoms with Crippen LogP contribution in [-0.4, -0.2) is 42.9 Å². The number of aromatic nitrogens is 4. The van der Waals surface area contributed by atoms with Crippen LogP contribution in [0.2, 0.25) is 0 Å². The van der Waals surface area contributed by atoms with E-state index < -0.39 is 23.8 Å². The molecule has 16 rings (SSSR count). The number of rotatable bonds is 10. The van der Waals surface area contributed by atoms with Gasteiger partial charge in [-0.05, 0) is 67.8 Å². The van der Waals surface area contributed by atoms with E-state index in [9.17, 15) is 0 Å². The molecule has 0 amide bonds. The smallest absolute Gasteiger partial charge is 0.347 e. The fourth-order valence-corrected chi connectivity index (χ4v) is 13.2. The third kappa shape index (κ3) is 7.94. The summed E-state index contributed by atoms with van der Waals surface area (Å²) in [5.41, 5.74) is 13.9. The van der Waals surface area contributed by atoms with Gasteiger partial charge in [0.1, 0.15) is 11.6 Å². The number of carbonyl (C=O) groups is 4. The van der Waals surface area contributed by atoms with Crippen molar-refractivity contribution in [1.29, 1.82) is 0 Å². The fourth-order valence-electron chi connectivity index (χ4n) is 13.2. The van der Waals surface area contributed by atoms with Gasteiger partial charge >= 0.3 is 11.9 Å². The van der Waals surface area contributed by atoms with Gasteiger partial charge in [0.15, 0.2) is 0 Å². The molecule has 14 aromatic rings. The molecule has 0 spiro atoms. The number of nitrogens with zero attached hydrogens (tertiary/aromatic N) is 4. The van der Waals surface area contributed by atoms with Crippen LogP contribution in [-0.2, 0) is 4.74 Å². The average Bonchev–Trinajstić information content (AvgIpc) is 1.64. The molecule has 0 radical (unpaired) electrons. The van der Waals surface area contributed by atoms with E-state index >= 15 is 19.2 Å². The summed E-state index contributed by atoms with van der Waals surface area (Å²) < 4.78 is 9.78. The molecule has 0 unspecified atom stereocenters. The summed E-state index contributed by atoms with van der Waals surface area (Å²) >= 11 is 0. The molecule has 0 atom stereocenters. The van der Waals surface area contributed by atoms with Gasteiger partial charge in [-0.25, -0.2) is 19.6 Å². The predicted molar refractivity (Wildman–Crippen MR) is 343 cm³/mol. The first-order valence-electron chi connectivity index (χ1n) is 28.7. The van der Waals surface area contributed by atoms with Crippen molar-refractivity contribution >= 4 is 45.8 Å². The number of imidazole rings is 2. The largest absolute Gasteiger partial charge is 0.386 e. The molecule has 4 heterocycles. The maximum absolute atomic E-state index is 16.6. The summed E-state index contributed by atoms with van der Waals surface area (Å²) in [7, 11) is 0. The second kappa shape index (κ2) is 20.4. The fraction of sp³-hybridized carbons (Fsp3) is 0. The summed E-state index contributed by atoms with van der Waals surface area (Å²) in [5, 5.41) is 0. The lowest BCUT2D eigenvalue weighted by atomic mass is 9.79. The molecule has 2 aliphatic rings. The van der Waals surface area contributed by atoms with Crippen molar-refractivity contribution in [3.8, 4) is 112 Å². The Balaban J connectivity index is 0.999. The van der Waals surface area contributed by atoms with Crippen LogP contribution >= 0.6 is 0 Å². The van der Waals surface area contributed by atoms with Gasteiger partial charge in [-0.2, -0.15) is 0 Å². The van der Waals surface area contributed by atoms with Gasteiger partial charge in [-0.3, -0.25) is 18.7 Å². The first kappa shape index (κ1) is 50.8. The van der Waals surface area contributed by atoms with Crippen LogP contribution in [0.1, 0.15) is 41.4 Å². The molecule has 2 aliphatic heterocycles. The molecule has 87 heavy (non-hydrogen) atoms. The average molecular weight is 1120 g/mol. The highest BCUT2D eigenvalue weighted by Crippen LogP contribution is 2.56. The Hall–Kier alpha value is -11.9. The third-order valence-corrected chi connectivity index (χ3v) is 16.8. The van der Waals surface area contributed by atoms with Crippen LogP contribution in [0, 0.1) is 0 Å². The molecule has 0 N–H and O–H groups in total. The lowest BCUT2D eigenvalue weighted by molar-refractivity contribution is 0.0394. The van der Waals surface area contributed by atoms with Crippen molar-refractivity contribution in [2.24, 2.45) is 0 Å². The lowest BCUT2D eigenvalue weighted by Gasteiger charge is -2.24. The molecular formula is C78H46N4O5. The number of ether oxygens (including phenoxy) is 1. The first-order valence-corrected chi connectivity index (χ1v) is 28.7. The van der Waals surface area contributed by atoms with E-state index in [1.807, 2.05) is 279 Å².